The average molecular weight is 309 g/mol. The van der Waals surface area contributed by atoms with Crippen molar-refractivity contribution in [3.63, 3.8) is 0 Å². The van der Waals surface area contributed by atoms with Crippen molar-refractivity contribution in [3.8, 4) is 0 Å². The molecule has 1 unspecified atom stereocenters. The van der Waals surface area contributed by atoms with Crippen LogP contribution in [-0.2, 0) is 0 Å². The maximum absolute atomic E-state index is 13.4. The fraction of sp³-hybridized carbons (Fsp3) is 0.200. The van der Waals surface area contributed by atoms with Crippen LogP contribution in [0.4, 0.5) is 15.8 Å². The first kappa shape index (κ1) is 15.3. The highest BCUT2D eigenvalue weighted by Gasteiger charge is 2.20. The highest BCUT2D eigenvalue weighted by atomic mass is 35.5. The van der Waals surface area contributed by atoms with Gasteiger partial charge in [0.1, 0.15) is 11.5 Å². The Bertz CT molecular complexity index is 691. The first-order valence-electron chi connectivity index (χ1n) is 6.35. The van der Waals surface area contributed by atoms with Crippen LogP contribution in [-0.4, -0.2) is 4.92 Å². The van der Waals surface area contributed by atoms with Crippen LogP contribution in [0.15, 0.2) is 36.4 Å². The molecule has 0 heterocycles. The van der Waals surface area contributed by atoms with E-state index in [-0.39, 0.29) is 22.4 Å². The van der Waals surface area contributed by atoms with Crippen molar-refractivity contribution < 1.29 is 9.31 Å². The van der Waals surface area contributed by atoms with Gasteiger partial charge in [-0.2, -0.15) is 0 Å². The molecule has 0 bridgehead atoms. The zero-order valence-electron chi connectivity index (χ0n) is 11.6. The molecular weight excluding hydrogens is 295 g/mol. The monoisotopic (exact) mass is 308 g/mol. The van der Waals surface area contributed by atoms with Gasteiger partial charge >= 0.3 is 0 Å². The van der Waals surface area contributed by atoms with Crippen molar-refractivity contribution in [2.75, 3.05) is 5.32 Å². The molecule has 0 amide bonds. The van der Waals surface area contributed by atoms with Crippen LogP contribution in [0.3, 0.4) is 0 Å². The Morgan fingerprint density at radius 2 is 2.00 bits per heavy atom. The van der Waals surface area contributed by atoms with E-state index in [1.807, 2.05) is 38.1 Å². The van der Waals surface area contributed by atoms with Crippen LogP contribution in [0.25, 0.3) is 0 Å². The highest BCUT2D eigenvalue weighted by molar-refractivity contribution is 6.31. The summed E-state index contributed by atoms with van der Waals surface area (Å²) in [6.45, 7) is 3.84. The summed E-state index contributed by atoms with van der Waals surface area (Å²) in [5.41, 5.74) is 1.93. The van der Waals surface area contributed by atoms with Crippen LogP contribution < -0.4 is 5.32 Å². The minimum absolute atomic E-state index is 0.153. The molecular formula is C15H14ClFN2O2. The molecule has 0 radical (unpaired) electrons. The first-order valence-corrected chi connectivity index (χ1v) is 6.73. The largest absolute Gasteiger partial charge is 0.373 e. The number of nitro benzene ring substituents is 1. The summed E-state index contributed by atoms with van der Waals surface area (Å²) in [5.74, 6) is -0.808. The molecule has 2 aromatic rings. The maximum Gasteiger partial charge on any atom is 0.295 e. The normalized spacial score (nSPS) is 12.0. The summed E-state index contributed by atoms with van der Waals surface area (Å²) >= 11 is 5.71. The quantitative estimate of drug-likeness (QED) is 0.647. The van der Waals surface area contributed by atoms with E-state index < -0.39 is 10.7 Å². The van der Waals surface area contributed by atoms with Crippen LogP contribution >= 0.6 is 11.6 Å². The lowest BCUT2D eigenvalue weighted by Gasteiger charge is -2.18. The zero-order valence-corrected chi connectivity index (χ0v) is 12.3. The van der Waals surface area contributed by atoms with Gasteiger partial charge in [0.05, 0.1) is 16.0 Å². The van der Waals surface area contributed by atoms with Gasteiger partial charge in [-0.05, 0) is 31.0 Å². The number of nitrogens with one attached hydrogen (secondary N) is 1. The molecule has 0 saturated carbocycles. The van der Waals surface area contributed by atoms with Gasteiger partial charge in [0, 0.05) is 6.04 Å². The Morgan fingerprint density at radius 1 is 1.33 bits per heavy atom. The molecule has 0 aromatic heterocycles. The highest BCUT2D eigenvalue weighted by Crippen LogP contribution is 2.33. The lowest BCUT2D eigenvalue weighted by Crippen LogP contribution is -2.10. The fourth-order valence-electron chi connectivity index (χ4n) is 2.19. The molecule has 4 nitrogen and oxygen atoms in total. The van der Waals surface area contributed by atoms with Crippen LogP contribution in [0.1, 0.15) is 24.1 Å². The van der Waals surface area contributed by atoms with Crippen LogP contribution in [0, 0.1) is 22.9 Å². The van der Waals surface area contributed by atoms with E-state index >= 15 is 0 Å². The number of halogens is 2. The first-order chi connectivity index (χ1) is 9.90. The molecule has 21 heavy (non-hydrogen) atoms. The number of benzene rings is 2. The van der Waals surface area contributed by atoms with E-state index in [1.165, 1.54) is 6.07 Å². The molecule has 0 aliphatic rings. The topological polar surface area (TPSA) is 55.2 Å². The molecule has 0 aliphatic heterocycles. The van der Waals surface area contributed by atoms with Crippen molar-refractivity contribution in [2.24, 2.45) is 0 Å². The number of anilines is 1. The standard InChI is InChI=1S/C15H14ClFN2O2/c1-9-5-3-4-6-11(9)10(2)18-14-7-12(16)13(17)8-15(14)19(20)21/h3-8,10,18H,1-2H3. The summed E-state index contributed by atoms with van der Waals surface area (Å²) in [6, 6.07) is 9.60. The summed E-state index contributed by atoms with van der Waals surface area (Å²) < 4.78 is 13.4. The molecule has 1 atom stereocenters. The third-order valence-corrected chi connectivity index (χ3v) is 3.55. The Labute approximate surface area is 126 Å². The summed E-state index contributed by atoms with van der Waals surface area (Å²) in [6.07, 6.45) is 0. The maximum atomic E-state index is 13.4. The van der Waals surface area contributed by atoms with E-state index in [9.17, 15) is 14.5 Å². The average Bonchev–Trinajstić information content (AvgIpc) is 2.42. The van der Waals surface area contributed by atoms with E-state index in [0.29, 0.717) is 0 Å². The molecule has 6 heteroatoms. The van der Waals surface area contributed by atoms with Crippen molar-refractivity contribution in [1.82, 2.24) is 0 Å². The molecule has 0 aliphatic carbocycles. The third-order valence-electron chi connectivity index (χ3n) is 3.26. The number of hydrogen-bond acceptors (Lipinski definition) is 3. The second-order valence-corrected chi connectivity index (χ2v) is 5.17. The van der Waals surface area contributed by atoms with Crippen molar-refractivity contribution >= 4 is 23.0 Å². The van der Waals surface area contributed by atoms with Crippen molar-refractivity contribution in [3.05, 3.63) is 68.5 Å². The predicted octanol–water partition coefficient (Wildman–Crippen LogP) is 4.87. The summed E-state index contributed by atoms with van der Waals surface area (Å²) in [4.78, 5) is 10.4. The Hall–Kier alpha value is -2.14. The second-order valence-electron chi connectivity index (χ2n) is 4.76. The molecule has 1 N–H and O–H groups in total. The van der Waals surface area contributed by atoms with E-state index in [4.69, 9.17) is 11.6 Å². The van der Waals surface area contributed by atoms with Gasteiger partial charge in [-0.1, -0.05) is 35.9 Å². The molecule has 2 aromatic carbocycles. The summed E-state index contributed by atoms with van der Waals surface area (Å²) in [5, 5.41) is 13.9. The number of nitro groups is 1. The van der Waals surface area contributed by atoms with Crippen molar-refractivity contribution in [2.45, 2.75) is 19.9 Å². The molecule has 110 valence electrons. The van der Waals surface area contributed by atoms with Crippen molar-refractivity contribution in [1.29, 1.82) is 0 Å². The van der Waals surface area contributed by atoms with E-state index in [2.05, 4.69) is 5.32 Å². The zero-order chi connectivity index (χ0) is 15.6. The number of rotatable bonds is 4. The van der Waals surface area contributed by atoms with Gasteiger partial charge in [0.15, 0.2) is 0 Å². The molecule has 0 fully saturated rings. The summed E-state index contributed by atoms with van der Waals surface area (Å²) in [7, 11) is 0. The van der Waals surface area contributed by atoms with E-state index in [0.717, 1.165) is 17.2 Å². The number of hydrogen-bond donors (Lipinski definition) is 1. The Kier molecular flexibility index (Phi) is 4.43. The third kappa shape index (κ3) is 3.31. The SMILES string of the molecule is Cc1ccccc1C(C)Nc1cc(Cl)c(F)cc1[N+](=O)[O-]. The van der Waals surface area contributed by atoms with Crippen LogP contribution in [0.2, 0.25) is 5.02 Å². The minimum atomic E-state index is -0.808. The Morgan fingerprint density at radius 3 is 2.62 bits per heavy atom. The number of aryl methyl sites for hydroxylation is 1. The van der Waals surface area contributed by atoms with E-state index in [1.54, 1.807) is 0 Å². The van der Waals surface area contributed by atoms with Crippen LogP contribution in [0.5, 0.6) is 0 Å². The minimum Gasteiger partial charge on any atom is -0.373 e. The van der Waals surface area contributed by atoms with Gasteiger partial charge in [-0.25, -0.2) is 4.39 Å². The fourth-order valence-corrected chi connectivity index (χ4v) is 2.35. The Balaban J connectivity index is 2.37. The predicted molar refractivity (Wildman–Crippen MR) is 81.3 cm³/mol. The number of nitrogens with zero attached hydrogens (tertiary/aromatic N) is 1. The van der Waals surface area contributed by atoms with Gasteiger partial charge in [-0.3, -0.25) is 10.1 Å². The van der Waals surface area contributed by atoms with Gasteiger partial charge in [0.2, 0.25) is 0 Å². The smallest absolute Gasteiger partial charge is 0.295 e. The van der Waals surface area contributed by atoms with Gasteiger partial charge in [0.25, 0.3) is 5.69 Å². The van der Waals surface area contributed by atoms with Gasteiger partial charge in [-0.15, -0.1) is 0 Å². The lowest BCUT2D eigenvalue weighted by molar-refractivity contribution is -0.384. The molecule has 0 spiro atoms. The molecule has 0 saturated heterocycles. The molecule has 2 rings (SSSR count). The lowest BCUT2D eigenvalue weighted by atomic mass is 10.0. The van der Waals surface area contributed by atoms with Gasteiger partial charge < -0.3 is 5.32 Å². The second kappa shape index (κ2) is 6.10.